The summed E-state index contributed by atoms with van der Waals surface area (Å²) in [6.07, 6.45) is 2.32. The molecule has 2 aromatic rings. The Bertz CT molecular complexity index is 520. The fourth-order valence-corrected chi connectivity index (χ4v) is 2.57. The van der Waals surface area contributed by atoms with Crippen LogP contribution in [0.1, 0.15) is 12.0 Å². The maximum absolute atomic E-state index is 5.59. The van der Waals surface area contributed by atoms with Crippen molar-refractivity contribution in [2.24, 2.45) is 0 Å². The minimum Gasteiger partial charge on any atom is -0.385 e. The van der Waals surface area contributed by atoms with Crippen LogP contribution in [0.4, 0.5) is 10.8 Å². The number of benzene rings is 1. The number of fused-ring (bicyclic) bond motifs is 1. The van der Waals surface area contributed by atoms with E-state index < -0.39 is 0 Å². The third-order valence-corrected chi connectivity index (χ3v) is 3.53. The Morgan fingerprint density at radius 1 is 1.31 bits per heavy atom. The summed E-state index contributed by atoms with van der Waals surface area (Å²) in [6, 6.07) is 6.36. The predicted molar refractivity (Wildman–Crippen MR) is 66.6 cm³/mol. The Hall–Kier alpha value is -1.62. The SMILES string of the molecule is Nc1nnc(-c2ccc3c(c2)CCCN3)s1. The molecule has 0 saturated heterocycles. The van der Waals surface area contributed by atoms with Gasteiger partial charge in [-0.25, -0.2) is 0 Å². The molecule has 0 atom stereocenters. The molecule has 0 aliphatic carbocycles. The highest BCUT2D eigenvalue weighted by molar-refractivity contribution is 7.18. The van der Waals surface area contributed by atoms with Crippen molar-refractivity contribution in [1.82, 2.24) is 10.2 Å². The quantitative estimate of drug-likeness (QED) is 0.790. The van der Waals surface area contributed by atoms with Gasteiger partial charge in [-0.3, -0.25) is 0 Å². The van der Waals surface area contributed by atoms with Gasteiger partial charge in [-0.05, 0) is 36.6 Å². The number of hydrogen-bond acceptors (Lipinski definition) is 5. The topological polar surface area (TPSA) is 63.8 Å². The number of aryl methyl sites for hydroxylation is 1. The second-order valence-electron chi connectivity index (χ2n) is 3.85. The van der Waals surface area contributed by atoms with Crippen LogP contribution in [-0.2, 0) is 6.42 Å². The van der Waals surface area contributed by atoms with E-state index in [9.17, 15) is 0 Å². The van der Waals surface area contributed by atoms with E-state index in [0.717, 1.165) is 23.5 Å². The maximum Gasteiger partial charge on any atom is 0.203 e. The summed E-state index contributed by atoms with van der Waals surface area (Å²) in [7, 11) is 0. The lowest BCUT2D eigenvalue weighted by Gasteiger charge is -2.18. The van der Waals surface area contributed by atoms with Crippen molar-refractivity contribution in [3.05, 3.63) is 23.8 Å². The summed E-state index contributed by atoms with van der Waals surface area (Å²) in [5, 5.41) is 12.7. The molecule has 0 amide bonds. The first-order chi connectivity index (χ1) is 7.83. The van der Waals surface area contributed by atoms with Crippen molar-refractivity contribution < 1.29 is 0 Å². The summed E-state index contributed by atoms with van der Waals surface area (Å²) >= 11 is 1.43. The van der Waals surface area contributed by atoms with Gasteiger partial charge in [0.1, 0.15) is 5.01 Å². The van der Waals surface area contributed by atoms with Crippen LogP contribution in [0.15, 0.2) is 18.2 Å². The Morgan fingerprint density at radius 3 is 3.06 bits per heavy atom. The zero-order chi connectivity index (χ0) is 11.0. The van der Waals surface area contributed by atoms with Crippen molar-refractivity contribution >= 4 is 22.2 Å². The molecule has 0 bridgehead atoms. The molecule has 0 radical (unpaired) electrons. The summed E-state index contributed by atoms with van der Waals surface area (Å²) < 4.78 is 0. The fraction of sp³-hybridized carbons (Fsp3) is 0.273. The van der Waals surface area contributed by atoms with Gasteiger partial charge in [0.2, 0.25) is 5.13 Å². The minimum atomic E-state index is 0.519. The molecular weight excluding hydrogens is 220 g/mol. The van der Waals surface area contributed by atoms with E-state index in [1.165, 1.54) is 29.0 Å². The highest BCUT2D eigenvalue weighted by Crippen LogP contribution is 2.30. The van der Waals surface area contributed by atoms with Crippen LogP contribution >= 0.6 is 11.3 Å². The van der Waals surface area contributed by atoms with Crippen molar-refractivity contribution in [3.63, 3.8) is 0 Å². The molecule has 2 heterocycles. The van der Waals surface area contributed by atoms with Crippen molar-refractivity contribution in [1.29, 1.82) is 0 Å². The lowest BCUT2D eigenvalue weighted by atomic mass is 10.0. The Labute approximate surface area is 97.5 Å². The molecule has 1 aromatic heterocycles. The van der Waals surface area contributed by atoms with Gasteiger partial charge in [0, 0.05) is 17.8 Å². The lowest BCUT2D eigenvalue weighted by molar-refractivity contribution is 0.830. The molecule has 0 spiro atoms. The summed E-state index contributed by atoms with van der Waals surface area (Å²) in [4.78, 5) is 0. The highest BCUT2D eigenvalue weighted by Gasteiger charge is 2.11. The molecule has 1 aliphatic rings. The van der Waals surface area contributed by atoms with Gasteiger partial charge in [-0.1, -0.05) is 11.3 Å². The van der Waals surface area contributed by atoms with Crippen LogP contribution in [0.25, 0.3) is 10.6 Å². The number of nitrogen functional groups attached to an aromatic ring is 1. The van der Waals surface area contributed by atoms with Crippen LogP contribution < -0.4 is 11.1 Å². The number of nitrogens with two attached hydrogens (primary N) is 1. The monoisotopic (exact) mass is 232 g/mol. The largest absolute Gasteiger partial charge is 0.385 e. The van der Waals surface area contributed by atoms with Gasteiger partial charge in [-0.15, -0.1) is 10.2 Å². The van der Waals surface area contributed by atoms with E-state index in [1.54, 1.807) is 0 Å². The molecule has 16 heavy (non-hydrogen) atoms. The first kappa shape index (κ1) is 9.59. The van der Waals surface area contributed by atoms with Gasteiger partial charge in [0.05, 0.1) is 0 Å². The predicted octanol–water partition coefficient (Wildman–Crippen LogP) is 2.15. The molecule has 3 rings (SSSR count). The number of anilines is 2. The Balaban J connectivity index is 2.02. The molecule has 82 valence electrons. The number of nitrogens with one attached hydrogen (secondary N) is 1. The van der Waals surface area contributed by atoms with Crippen LogP contribution in [0.3, 0.4) is 0 Å². The molecule has 5 heteroatoms. The van der Waals surface area contributed by atoms with Gasteiger partial charge in [0.15, 0.2) is 0 Å². The molecule has 0 fully saturated rings. The number of nitrogens with zero attached hydrogens (tertiary/aromatic N) is 2. The Morgan fingerprint density at radius 2 is 2.25 bits per heavy atom. The van der Waals surface area contributed by atoms with Gasteiger partial charge < -0.3 is 11.1 Å². The molecule has 0 unspecified atom stereocenters. The van der Waals surface area contributed by atoms with Gasteiger partial charge >= 0.3 is 0 Å². The average molecular weight is 232 g/mol. The summed E-state index contributed by atoms with van der Waals surface area (Å²) in [5.74, 6) is 0. The zero-order valence-electron chi connectivity index (χ0n) is 8.73. The van der Waals surface area contributed by atoms with Crippen molar-refractivity contribution in [2.45, 2.75) is 12.8 Å². The minimum absolute atomic E-state index is 0.519. The Kier molecular flexibility index (Phi) is 2.25. The summed E-state index contributed by atoms with van der Waals surface area (Å²) in [5.41, 5.74) is 9.30. The molecule has 0 saturated carbocycles. The van der Waals surface area contributed by atoms with Crippen LogP contribution in [0, 0.1) is 0 Å². The van der Waals surface area contributed by atoms with Crippen LogP contribution in [0.2, 0.25) is 0 Å². The van der Waals surface area contributed by atoms with E-state index >= 15 is 0 Å². The first-order valence-electron chi connectivity index (χ1n) is 5.29. The lowest BCUT2D eigenvalue weighted by Crippen LogP contribution is -2.11. The van der Waals surface area contributed by atoms with Gasteiger partial charge in [0.25, 0.3) is 0 Å². The average Bonchev–Trinajstić information content (AvgIpc) is 2.75. The van der Waals surface area contributed by atoms with E-state index in [4.69, 9.17) is 5.73 Å². The molecule has 1 aliphatic heterocycles. The normalized spacial score (nSPS) is 14.2. The fourth-order valence-electron chi connectivity index (χ4n) is 1.96. The smallest absolute Gasteiger partial charge is 0.203 e. The second kappa shape index (κ2) is 3.75. The van der Waals surface area contributed by atoms with Gasteiger partial charge in [-0.2, -0.15) is 0 Å². The molecular formula is C11H12N4S. The number of hydrogen-bond donors (Lipinski definition) is 2. The standard InChI is InChI=1S/C11H12N4S/c12-11-15-14-10(16-11)8-3-4-9-7(6-8)2-1-5-13-9/h3-4,6,13H,1-2,5H2,(H2,12,15). The van der Waals surface area contributed by atoms with E-state index in [0.29, 0.717) is 5.13 Å². The molecule has 4 nitrogen and oxygen atoms in total. The van der Waals surface area contributed by atoms with E-state index in [2.05, 4.69) is 33.7 Å². The first-order valence-corrected chi connectivity index (χ1v) is 6.11. The summed E-state index contributed by atoms with van der Waals surface area (Å²) in [6.45, 7) is 1.07. The van der Waals surface area contributed by atoms with Crippen LogP contribution in [0.5, 0.6) is 0 Å². The third-order valence-electron chi connectivity index (χ3n) is 2.73. The van der Waals surface area contributed by atoms with Crippen molar-refractivity contribution in [3.8, 4) is 10.6 Å². The maximum atomic E-state index is 5.59. The van der Waals surface area contributed by atoms with E-state index in [1.807, 2.05) is 0 Å². The third kappa shape index (κ3) is 1.63. The second-order valence-corrected chi connectivity index (χ2v) is 4.86. The van der Waals surface area contributed by atoms with Crippen LogP contribution in [-0.4, -0.2) is 16.7 Å². The number of rotatable bonds is 1. The molecule has 3 N–H and O–H groups in total. The number of aromatic nitrogens is 2. The van der Waals surface area contributed by atoms with Crippen molar-refractivity contribution in [2.75, 3.05) is 17.6 Å². The van der Waals surface area contributed by atoms with E-state index in [-0.39, 0.29) is 0 Å². The molecule has 1 aromatic carbocycles. The highest BCUT2D eigenvalue weighted by atomic mass is 32.1. The zero-order valence-corrected chi connectivity index (χ0v) is 9.55.